The van der Waals surface area contributed by atoms with Gasteiger partial charge in [-0.3, -0.25) is 4.79 Å². The number of aryl methyl sites for hydroxylation is 2. The maximum Gasteiger partial charge on any atom is 0.342 e. The number of carbonyl (C=O) groups is 2. The molecule has 2 aromatic carbocycles. The molecule has 0 spiro atoms. The highest BCUT2D eigenvalue weighted by Crippen LogP contribution is 2.21. The van der Waals surface area contributed by atoms with Gasteiger partial charge in [0.25, 0.3) is 5.91 Å². The largest absolute Gasteiger partial charge is 0.496 e. The Kier molecular flexibility index (Phi) is 5.98. The van der Waals surface area contributed by atoms with Gasteiger partial charge in [-0.15, -0.1) is 0 Å². The van der Waals surface area contributed by atoms with Crippen LogP contribution >= 0.6 is 15.9 Å². The molecule has 6 heteroatoms. The molecule has 0 bridgehead atoms. The van der Waals surface area contributed by atoms with E-state index >= 15 is 0 Å². The van der Waals surface area contributed by atoms with Crippen molar-refractivity contribution in [3.63, 3.8) is 0 Å². The second kappa shape index (κ2) is 7.97. The summed E-state index contributed by atoms with van der Waals surface area (Å²) in [5.41, 5.74) is 2.83. The number of carbonyl (C=O) groups excluding carboxylic acids is 2. The molecule has 5 nitrogen and oxygen atoms in total. The minimum atomic E-state index is -0.599. The smallest absolute Gasteiger partial charge is 0.342 e. The van der Waals surface area contributed by atoms with Gasteiger partial charge in [0.15, 0.2) is 6.61 Å². The fourth-order valence-electron chi connectivity index (χ4n) is 2.11. The molecule has 0 radical (unpaired) electrons. The Morgan fingerprint density at radius 2 is 1.88 bits per heavy atom. The Balaban J connectivity index is 1.97. The number of hydrogen-bond donors (Lipinski definition) is 1. The molecule has 1 amide bonds. The summed E-state index contributed by atoms with van der Waals surface area (Å²) in [4.78, 5) is 24.1. The Morgan fingerprint density at radius 1 is 1.12 bits per heavy atom. The third kappa shape index (κ3) is 4.58. The summed E-state index contributed by atoms with van der Waals surface area (Å²) in [6, 6.07) is 10.6. The Morgan fingerprint density at radius 3 is 2.54 bits per heavy atom. The number of ether oxygens (including phenoxy) is 2. The van der Waals surface area contributed by atoms with Crippen LogP contribution in [0.15, 0.2) is 40.9 Å². The maximum atomic E-state index is 12.1. The zero-order valence-electron chi connectivity index (χ0n) is 13.7. The highest BCUT2D eigenvalue weighted by atomic mass is 79.9. The van der Waals surface area contributed by atoms with Gasteiger partial charge in [-0.25, -0.2) is 4.79 Å². The summed E-state index contributed by atoms with van der Waals surface area (Å²) in [6.07, 6.45) is 0. The predicted octanol–water partition coefficient (Wildman–Crippen LogP) is 3.87. The lowest BCUT2D eigenvalue weighted by atomic mass is 10.1. The van der Waals surface area contributed by atoms with E-state index in [0.717, 1.165) is 15.6 Å². The molecule has 0 atom stereocenters. The van der Waals surface area contributed by atoms with Gasteiger partial charge in [0.05, 0.1) is 7.11 Å². The van der Waals surface area contributed by atoms with E-state index in [0.29, 0.717) is 17.0 Å². The van der Waals surface area contributed by atoms with Crippen molar-refractivity contribution in [3.05, 3.63) is 57.6 Å². The second-order valence-corrected chi connectivity index (χ2v) is 6.15. The minimum absolute atomic E-state index is 0.296. The minimum Gasteiger partial charge on any atom is -0.496 e. The number of anilines is 1. The zero-order chi connectivity index (χ0) is 17.7. The second-order valence-electron chi connectivity index (χ2n) is 5.29. The van der Waals surface area contributed by atoms with Crippen LogP contribution in [0.4, 0.5) is 5.69 Å². The van der Waals surface area contributed by atoms with Crippen LogP contribution in [-0.2, 0) is 9.53 Å². The number of esters is 1. The molecule has 1 N–H and O–H groups in total. The van der Waals surface area contributed by atoms with Crippen molar-refractivity contribution < 1.29 is 19.1 Å². The third-order valence-corrected chi connectivity index (χ3v) is 4.24. The lowest BCUT2D eigenvalue weighted by Gasteiger charge is -2.10. The van der Waals surface area contributed by atoms with E-state index in [1.54, 1.807) is 18.2 Å². The van der Waals surface area contributed by atoms with Gasteiger partial charge < -0.3 is 14.8 Å². The number of halogens is 1. The van der Waals surface area contributed by atoms with Gasteiger partial charge in [-0.1, -0.05) is 27.6 Å². The van der Waals surface area contributed by atoms with Crippen molar-refractivity contribution >= 4 is 33.5 Å². The molecule has 0 fully saturated rings. The van der Waals surface area contributed by atoms with E-state index in [4.69, 9.17) is 9.47 Å². The quantitative estimate of drug-likeness (QED) is 0.785. The SMILES string of the molecule is COc1ccc(C)cc1C(=O)OCC(=O)Nc1ccc(Br)c(C)c1. The topological polar surface area (TPSA) is 64.6 Å². The van der Waals surface area contributed by atoms with Crippen LogP contribution in [0.25, 0.3) is 0 Å². The summed E-state index contributed by atoms with van der Waals surface area (Å²) < 4.78 is 11.2. The number of hydrogen-bond acceptors (Lipinski definition) is 4. The zero-order valence-corrected chi connectivity index (χ0v) is 15.3. The van der Waals surface area contributed by atoms with Gasteiger partial charge in [0.1, 0.15) is 11.3 Å². The van der Waals surface area contributed by atoms with Crippen molar-refractivity contribution in [2.45, 2.75) is 13.8 Å². The molecule has 0 aromatic heterocycles. The highest BCUT2D eigenvalue weighted by Gasteiger charge is 2.15. The van der Waals surface area contributed by atoms with Gasteiger partial charge in [-0.05, 0) is 49.7 Å². The standard InChI is InChI=1S/C18H18BrNO4/c1-11-4-7-16(23-3)14(8-11)18(22)24-10-17(21)20-13-5-6-15(19)12(2)9-13/h4-9H,10H2,1-3H3,(H,20,21). The number of rotatable bonds is 5. The summed E-state index contributed by atoms with van der Waals surface area (Å²) in [5.74, 6) is -0.594. The van der Waals surface area contributed by atoms with Crippen LogP contribution in [-0.4, -0.2) is 25.6 Å². The van der Waals surface area contributed by atoms with Gasteiger partial charge in [0, 0.05) is 10.2 Å². The first-order valence-corrected chi connectivity index (χ1v) is 8.08. The van der Waals surface area contributed by atoms with Crippen molar-refractivity contribution in [1.29, 1.82) is 0 Å². The first kappa shape index (κ1) is 18.0. The van der Waals surface area contributed by atoms with E-state index in [2.05, 4.69) is 21.2 Å². The fourth-order valence-corrected chi connectivity index (χ4v) is 2.36. The third-order valence-electron chi connectivity index (χ3n) is 3.35. The molecule has 2 aromatic rings. The summed E-state index contributed by atoms with van der Waals surface area (Å²) >= 11 is 3.40. The van der Waals surface area contributed by atoms with Crippen molar-refractivity contribution in [1.82, 2.24) is 0 Å². The molecule has 0 aliphatic rings. The monoisotopic (exact) mass is 391 g/mol. The van der Waals surface area contributed by atoms with Crippen molar-refractivity contribution in [2.75, 3.05) is 19.0 Å². The number of amides is 1. The Bertz CT molecular complexity index is 774. The Hall–Kier alpha value is -2.34. The average Bonchev–Trinajstić information content (AvgIpc) is 2.56. The molecule has 0 aliphatic heterocycles. The first-order valence-electron chi connectivity index (χ1n) is 7.28. The molecule has 126 valence electrons. The van der Waals surface area contributed by atoms with Crippen LogP contribution in [0.3, 0.4) is 0 Å². The Labute approximate surface area is 149 Å². The molecule has 24 heavy (non-hydrogen) atoms. The van der Waals surface area contributed by atoms with Crippen LogP contribution in [0.5, 0.6) is 5.75 Å². The number of benzene rings is 2. The van der Waals surface area contributed by atoms with E-state index < -0.39 is 11.9 Å². The predicted molar refractivity (Wildman–Crippen MR) is 95.5 cm³/mol. The number of methoxy groups -OCH3 is 1. The van der Waals surface area contributed by atoms with Crippen molar-refractivity contribution in [2.24, 2.45) is 0 Å². The van der Waals surface area contributed by atoms with Crippen LogP contribution < -0.4 is 10.1 Å². The van der Waals surface area contributed by atoms with E-state index in [-0.39, 0.29) is 6.61 Å². The highest BCUT2D eigenvalue weighted by molar-refractivity contribution is 9.10. The van der Waals surface area contributed by atoms with Gasteiger partial charge >= 0.3 is 5.97 Å². The van der Waals surface area contributed by atoms with E-state index in [1.807, 2.05) is 32.0 Å². The fraction of sp³-hybridized carbons (Fsp3) is 0.222. The molecule has 0 saturated heterocycles. The molecule has 0 aliphatic carbocycles. The molecular formula is C18H18BrNO4. The summed E-state index contributed by atoms with van der Waals surface area (Å²) in [7, 11) is 1.48. The molecular weight excluding hydrogens is 374 g/mol. The number of nitrogens with one attached hydrogen (secondary N) is 1. The van der Waals surface area contributed by atoms with E-state index in [9.17, 15) is 9.59 Å². The summed E-state index contributed by atoms with van der Waals surface area (Å²) in [5, 5.41) is 2.69. The molecule has 0 heterocycles. The van der Waals surface area contributed by atoms with Gasteiger partial charge in [0.2, 0.25) is 0 Å². The van der Waals surface area contributed by atoms with Crippen molar-refractivity contribution in [3.8, 4) is 5.75 Å². The summed E-state index contributed by atoms with van der Waals surface area (Å²) in [6.45, 7) is 3.41. The normalized spacial score (nSPS) is 10.2. The van der Waals surface area contributed by atoms with E-state index in [1.165, 1.54) is 7.11 Å². The first-order chi connectivity index (χ1) is 11.4. The molecule has 0 saturated carbocycles. The maximum absolute atomic E-state index is 12.1. The van der Waals surface area contributed by atoms with Crippen LogP contribution in [0.1, 0.15) is 21.5 Å². The van der Waals surface area contributed by atoms with Gasteiger partial charge in [-0.2, -0.15) is 0 Å². The molecule has 2 rings (SSSR count). The lowest BCUT2D eigenvalue weighted by Crippen LogP contribution is -2.21. The molecule has 0 unspecified atom stereocenters. The van der Waals surface area contributed by atoms with Crippen LogP contribution in [0.2, 0.25) is 0 Å². The lowest BCUT2D eigenvalue weighted by molar-refractivity contribution is -0.119. The van der Waals surface area contributed by atoms with Crippen LogP contribution in [0, 0.1) is 13.8 Å². The average molecular weight is 392 g/mol.